The second kappa shape index (κ2) is 7.46. The molecule has 0 radical (unpaired) electrons. The molecule has 0 spiro atoms. The van der Waals surface area contributed by atoms with Gasteiger partial charge in [-0.2, -0.15) is 4.31 Å². The number of hydrogen-bond donors (Lipinski definition) is 1. The van der Waals surface area contributed by atoms with Crippen LogP contribution in [-0.4, -0.2) is 30.9 Å². The van der Waals surface area contributed by atoms with Gasteiger partial charge in [-0.05, 0) is 48.7 Å². The minimum Gasteiger partial charge on any atom is -0.422 e. The Hall–Kier alpha value is -2.97. The zero-order valence-electron chi connectivity index (χ0n) is 15.8. The summed E-state index contributed by atoms with van der Waals surface area (Å²) in [7, 11) is -3.28. The molecule has 7 nitrogen and oxygen atoms in total. The Bertz CT molecular complexity index is 1260. The van der Waals surface area contributed by atoms with Crippen molar-refractivity contribution in [2.45, 2.75) is 19.9 Å². The molecule has 0 atom stereocenters. The van der Waals surface area contributed by atoms with Gasteiger partial charge in [-0.1, -0.05) is 24.3 Å². The van der Waals surface area contributed by atoms with Gasteiger partial charge in [-0.25, -0.2) is 13.2 Å². The minimum absolute atomic E-state index is 0.0521. The first-order valence-electron chi connectivity index (χ1n) is 9.31. The zero-order valence-corrected chi connectivity index (χ0v) is 16.7. The Labute approximate surface area is 168 Å². The normalized spacial score (nSPS) is 14.5. The van der Waals surface area contributed by atoms with Crippen LogP contribution in [-0.2, 0) is 23.0 Å². The number of sulfonamides is 1. The molecule has 0 saturated carbocycles. The van der Waals surface area contributed by atoms with Crippen molar-refractivity contribution in [3.05, 3.63) is 75.6 Å². The highest BCUT2D eigenvalue weighted by molar-refractivity contribution is 7.89. The van der Waals surface area contributed by atoms with E-state index in [1.54, 1.807) is 43.3 Å². The third-order valence-electron chi connectivity index (χ3n) is 5.09. The van der Waals surface area contributed by atoms with Crippen molar-refractivity contribution in [3.8, 4) is 0 Å². The zero-order chi connectivity index (χ0) is 20.6. The molecule has 3 aromatic rings. The lowest BCUT2D eigenvalue weighted by atomic mass is 10.0. The van der Waals surface area contributed by atoms with Gasteiger partial charge in [0.2, 0.25) is 10.0 Å². The molecule has 1 aromatic heterocycles. The minimum atomic E-state index is -3.28. The van der Waals surface area contributed by atoms with Crippen molar-refractivity contribution >= 4 is 32.6 Å². The number of fused-ring (bicyclic) bond motifs is 2. The Balaban J connectivity index is 1.60. The van der Waals surface area contributed by atoms with Gasteiger partial charge in [-0.3, -0.25) is 4.79 Å². The monoisotopic (exact) mass is 412 g/mol. The summed E-state index contributed by atoms with van der Waals surface area (Å²) in [5.41, 5.74) is 2.01. The maximum Gasteiger partial charge on any atom is 0.349 e. The number of nitrogens with one attached hydrogen (secondary N) is 1. The average Bonchev–Trinajstić information content (AvgIpc) is 2.72. The van der Waals surface area contributed by atoms with E-state index >= 15 is 0 Å². The Morgan fingerprint density at radius 1 is 1.14 bits per heavy atom. The molecule has 2 aromatic carbocycles. The van der Waals surface area contributed by atoms with Crippen LogP contribution in [0.5, 0.6) is 0 Å². The smallest absolute Gasteiger partial charge is 0.349 e. The second-order valence-corrected chi connectivity index (χ2v) is 9.16. The third kappa shape index (κ3) is 3.81. The van der Waals surface area contributed by atoms with Crippen LogP contribution in [0.4, 0.5) is 5.69 Å². The quantitative estimate of drug-likeness (QED) is 0.665. The third-order valence-corrected chi connectivity index (χ3v) is 6.91. The van der Waals surface area contributed by atoms with Crippen LogP contribution >= 0.6 is 0 Å². The number of para-hydroxylation sites is 1. The standard InChI is InChI=1S/C21H20N2O5S/c1-2-29(26,27)23-10-9-14-7-8-17(11-16(14)13-23)22-20(24)18-12-15-5-3-4-6-19(15)28-21(18)25/h3-8,11-12H,2,9-10,13H2,1H3,(H,22,24). The molecule has 0 unspecified atom stereocenters. The molecule has 29 heavy (non-hydrogen) atoms. The number of carbonyl (C=O) groups excluding carboxylic acids is 1. The summed E-state index contributed by atoms with van der Waals surface area (Å²) in [6, 6.07) is 13.9. The molecular weight excluding hydrogens is 392 g/mol. The fraction of sp³-hybridized carbons (Fsp3) is 0.238. The number of carbonyl (C=O) groups is 1. The summed E-state index contributed by atoms with van der Waals surface area (Å²) in [6.45, 7) is 2.34. The molecule has 150 valence electrons. The molecule has 0 bridgehead atoms. The second-order valence-electron chi connectivity index (χ2n) is 6.91. The molecule has 1 N–H and O–H groups in total. The van der Waals surface area contributed by atoms with Gasteiger partial charge in [0.15, 0.2) is 0 Å². The van der Waals surface area contributed by atoms with E-state index in [4.69, 9.17) is 4.42 Å². The van der Waals surface area contributed by atoms with Crippen LogP contribution < -0.4 is 10.9 Å². The molecule has 1 aliphatic heterocycles. The predicted octanol–water partition coefficient (Wildman–Crippen LogP) is 2.75. The van der Waals surface area contributed by atoms with Crippen molar-refractivity contribution in [2.75, 3.05) is 17.6 Å². The fourth-order valence-electron chi connectivity index (χ4n) is 3.45. The topological polar surface area (TPSA) is 96.7 Å². The molecule has 4 rings (SSSR count). The molecule has 0 aliphatic carbocycles. The fourth-order valence-corrected chi connectivity index (χ4v) is 4.52. The largest absolute Gasteiger partial charge is 0.422 e. The van der Waals surface area contributed by atoms with Gasteiger partial charge in [0.1, 0.15) is 11.1 Å². The summed E-state index contributed by atoms with van der Waals surface area (Å²) in [5, 5.41) is 3.37. The lowest BCUT2D eigenvalue weighted by Gasteiger charge is -2.28. The van der Waals surface area contributed by atoms with Crippen molar-refractivity contribution in [1.82, 2.24) is 4.31 Å². The summed E-state index contributed by atoms with van der Waals surface area (Å²) in [6.07, 6.45) is 0.622. The highest BCUT2D eigenvalue weighted by Crippen LogP contribution is 2.25. The van der Waals surface area contributed by atoms with Crippen LogP contribution in [0.3, 0.4) is 0 Å². The number of hydrogen-bond acceptors (Lipinski definition) is 5. The van der Waals surface area contributed by atoms with Crippen LogP contribution in [0.1, 0.15) is 28.4 Å². The van der Waals surface area contributed by atoms with Gasteiger partial charge >= 0.3 is 5.63 Å². The van der Waals surface area contributed by atoms with Crippen molar-refractivity contribution in [1.29, 1.82) is 0 Å². The maximum absolute atomic E-state index is 12.6. The maximum atomic E-state index is 12.6. The van der Waals surface area contributed by atoms with Crippen LogP contribution in [0.25, 0.3) is 11.0 Å². The summed E-state index contributed by atoms with van der Waals surface area (Å²) in [5.74, 6) is -0.519. The van der Waals surface area contributed by atoms with Gasteiger partial charge in [0.05, 0.1) is 5.75 Å². The Kier molecular flexibility index (Phi) is 4.97. The van der Waals surface area contributed by atoms with E-state index in [0.717, 1.165) is 11.1 Å². The van der Waals surface area contributed by atoms with Gasteiger partial charge in [0, 0.05) is 24.2 Å². The number of anilines is 1. The van der Waals surface area contributed by atoms with E-state index in [2.05, 4.69) is 5.32 Å². The molecule has 2 heterocycles. The molecule has 0 fully saturated rings. The molecule has 1 aliphatic rings. The van der Waals surface area contributed by atoms with Gasteiger partial charge in [-0.15, -0.1) is 0 Å². The summed E-state index contributed by atoms with van der Waals surface area (Å²) in [4.78, 5) is 24.8. The lowest BCUT2D eigenvalue weighted by molar-refractivity contribution is 0.102. The van der Waals surface area contributed by atoms with E-state index in [9.17, 15) is 18.0 Å². The van der Waals surface area contributed by atoms with E-state index in [1.807, 2.05) is 6.07 Å². The van der Waals surface area contributed by atoms with E-state index in [1.165, 1.54) is 10.4 Å². The first-order chi connectivity index (χ1) is 13.9. The first kappa shape index (κ1) is 19.4. The van der Waals surface area contributed by atoms with Crippen molar-refractivity contribution in [2.24, 2.45) is 0 Å². The molecule has 0 saturated heterocycles. The van der Waals surface area contributed by atoms with Crippen LogP contribution in [0.2, 0.25) is 0 Å². The first-order valence-corrected chi connectivity index (χ1v) is 10.9. The highest BCUT2D eigenvalue weighted by atomic mass is 32.2. The Morgan fingerprint density at radius 3 is 2.72 bits per heavy atom. The van der Waals surface area contributed by atoms with Crippen molar-refractivity contribution < 1.29 is 17.6 Å². The van der Waals surface area contributed by atoms with E-state index < -0.39 is 21.6 Å². The van der Waals surface area contributed by atoms with Crippen molar-refractivity contribution in [3.63, 3.8) is 0 Å². The highest BCUT2D eigenvalue weighted by Gasteiger charge is 2.25. The molecular formula is C21H20N2O5S. The molecule has 8 heteroatoms. The number of rotatable bonds is 4. The van der Waals surface area contributed by atoms with Gasteiger partial charge in [0.25, 0.3) is 5.91 Å². The summed E-state index contributed by atoms with van der Waals surface area (Å²) < 4.78 is 31.0. The molecule has 1 amide bonds. The van der Waals surface area contributed by atoms with E-state index in [-0.39, 0.29) is 17.9 Å². The Morgan fingerprint density at radius 2 is 1.93 bits per heavy atom. The van der Waals surface area contributed by atoms with Gasteiger partial charge < -0.3 is 9.73 Å². The van der Waals surface area contributed by atoms with Crippen LogP contribution in [0, 0.1) is 0 Å². The predicted molar refractivity (Wildman–Crippen MR) is 110 cm³/mol. The number of amides is 1. The average molecular weight is 412 g/mol. The number of benzene rings is 2. The lowest BCUT2D eigenvalue weighted by Crippen LogP contribution is -2.36. The van der Waals surface area contributed by atoms with Crippen LogP contribution in [0.15, 0.2) is 57.7 Å². The number of nitrogens with zero attached hydrogens (tertiary/aromatic N) is 1. The summed E-state index contributed by atoms with van der Waals surface area (Å²) >= 11 is 0. The SMILES string of the molecule is CCS(=O)(=O)N1CCc2ccc(NC(=O)c3cc4ccccc4oc3=O)cc2C1. The van der Waals surface area contributed by atoms with E-state index in [0.29, 0.717) is 29.6 Å².